The minimum Gasteiger partial charge on any atom is -0.404 e. The van der Waals surface area contributed by atoms with E-state index in [1.54, 1.807) is 6.20 Å². The van der Waals surface area contributed by atoms with Gasteiger partial charge in [0.25, 0.3) is 5.91 Å². The first-order valence-electron chi connectivity index (χ1n) is 9.77. The number of pyridine rings is 1. The Balaban J connectivity index is 1.36. The molecule has 1 aromatic carbocycles. The number of nitrogens with two attached hydrogens (primary N) is 2. The van der Waals surface area contributed by atoms with Crippen molar-refractivity contribution in [3.05, 3.63) is 64.3 Å². The van der Waals surface area contributed by atoms with Gasteiger partial charge >= 0.3 is 0 Å². The summed E-state index contributed by atoms with van der Waals surface area (Å²) < 4.78 is 0. The third kappa shape index (κ3) is 4.19. The third-order valence-electron chi connectivity index (χ3n) is 5.02. The van der Waals surface area contributed by atoms with E-state index in [2.05, 4.69) is 20.6 Å². The van der Waals surface area contributed by atoms with E-state index in [9.17, 15) is 4.79 Å². The van der Waals surface area contributed by atoms with E-state index >= 15 is 0 Å². The number of amides is 1. The summed E-state index contributed by atoms with van der Waals surface area (Å²) in [6.07, 6.45) is 2.33. The predicted octanol–water partition coefficient (Wildman–Crippen LogP) is 2.68. The zero-order valence-corrected chi connectivity index (χ0v) is 17.6. The summed E-state index contributed by atoms with van der Waals surface area (Å²) in [5.41, 5.74) is 17.2. The average Bonchev–Trinajstić information content (AvgIpc) is 3.32. The molecule has 0 bridgehead atoms. The largest absolute Gasteiger partial charge is 0.404 e. The second-order valence-electron chi connectivity index (χ2n) is 7.18. The SMILES string of the molecule is Cc1ccc2c(N)c(C(=O)NCCc3ccc(N=C4CNCC4=CN)cc3)sc2n1. The molecule has 3 aromatic rings. The maximum absolute atomic E-state index is 12.6. The molecule has 1 aliphatic rings. The smallest absolute Gasteiger partial charge is 0.263 e. The number of nitrogens with zero attached hydrogens (tertiary/aromatic N) is 2. The van der Waals surface area contributed by atoms with E-state index in [0.717, 1.165) is 58.0 Å². The van der Waals surface area contributed by atoms with Crippen molar-refractivity contribution >= 4 is 44.5 Å². The number of carbonyl (C=O) groups excluding carboxylic acids is 1. The Morgan fingerprint density at radius 3 is 2.83 bits per heavy atom. The second kappa shape index (κ2) is 8.64. The monoisotopic (exact) mass is 420 g/mol. The molecule has 30 heavy (non-hydrogen) atoms. The third-order valence-corrected chi connectivity index (χ3v) is 6.13. The van der Waals surface area contributed by atoms with Crippen molar-refractivity contribution in [2.75, 3.05) is 25.4 Å². The highest BCUT2D eigenvalue weighted by molar-refractivity contribution is 7.21. The van der Waals surface area contributed by atoms with Crippen LogP contribution in [0.15, 0.2) is 53.2 Å². The summed E-state index contributed by atoms with van der Waals surface area (Å²) >= 11 is 1.33. The highest BCUT2D eigenvalue weighted by Gasteiger charge is 2.17. The van der Waals surface area contributed by atoms with Gasteiger partial charge in [-0.3, -0.25) is 9.79 Å². The summed E-state index contributed by atoms with van der Waals surface area (Å²) in [6, 6.07) is 11.8. The van der Waals surface area contributed by atoms with E-state index in [-0.39, 0.29) is 5.91 Å². The molecule has 0 aliphatic carbocycles. The standard InChI is InChI=1S/C22H24N6OS/c1-13-2-7-17-19(24)20(30-22(17)27-13)21(29)26-9-8-14-3-5-16(6-4-14)28-18-12-25-11-15(18)10-23/h2-7,10,25H,8-9,11-12,23-24H2,1H3,(H,26,29). The van der Waals surface area contributed by atoms with Crippen LogP contribution in [0.4, 0.5) is 11.4 Å². The Morgan fingerprint density at radius 2 is 2.07 bits per heavy atom. The first kappa shape index (κ1) is 20.1. The number of aliphatic imine (C=N–C) groups is 1. The molecule has 1 saturated heterocycles. The van der Waals surface area contributed by atoms with Crippen molar-refractivity contribution in [3.63, 3.8) is 0 Å². The van der Waals surface area contributed by atoms with Crippen LogP contribution in [0.1, 0.15) is 20.9 Å². The summed E-state index contributed by atoms with van der Waals surface area (Å²) in [7, 11) is 0. The highest BCUT2D eigenvalue weighted by atomic mass is 32.1. The zero-order chi connectivity index (χ0) is 21.1. The number of rotatable bonds is 5. The van der Waals surface area contributed by atoms with Gasteiger partial charge in [0.15, 0.2) is 0 Å². The molecule has 0 atom stereocenters. The van der Waals surface area contributed by atoms with Crippen molar-refractivity contribution in [3.8, 4) is 0 Å². The fourth-order valence-corrected chi connectivity index (χ4v) is 4.41. The van der Waals surface area contributed by atoms with Gasteiger partial charge in [-0.2, -0.15) is 0 Å². The van der Waals surface area contributed by atoms with Crippen molar-refractivity contribution in [1.82, 2.24) is 15.6 Å². The Morgan fingerprint density at radius 1 is 1.27 bits per heavy atom. The lowest BCUT2D eigenvalue weighted by Crippen LogP contribution is -2.25. The van der Waals surface area contributed by atoms with Gasteiger partial charge in [-0.25, -0.2) is 4.98 Å². The van der Waals surface area contributed by atoms with Crippen LogP contribution >= 0.6 is 11.3 Å². The second-order valence-corrected chi connectivity index (χ2v) is 8.18. The molecule has 4 rings (SSSR count). The van der Waals surface area contributed by atoms with Crippen LogP contribution in [-0.2, 0) is 6.42 Å². The number of nitrogen functional groups attached to an aromatic ring is 1. The van der Waals surface area contributed by atoms with E-state index in [1.807, 2.05) is 43.3 Å². The lowest BCUT2D eigenvalue weighted by atomic mass is 10.1. The Bertz CT molecular complexity index is 1150. The molecule has 6 N–H and O–H groups in total. The number of aryl methyl sites for hydroxylation is 1. The van der Waals surface area contributed by atoms with Crippen LogP contribution in [-0.4, -0.2) is 36.2 Å². The Hall–Kier alpha value is -3.23. The molecule has 1 fully saturated rings. The lowest BCUT2D eigenvalue weighted by molar-refractivity contribution is 0.0959. The quantitative estimate of drug-likeness (QED) is 0.506. The number of benzene rings is 1. The van der Waals surface area contributed by atoms with E-state index in [0.29, 0.717) is 17.1 Å². The molecule has 1 amide bonds. The van der Waals surface area contributed by atoms with E-state index in [4.69, 9.17) is 11.5 Å². The number of hydrogen-bond acceptors (Lipinski definition) is 7. The molecule has 1 aliphatic heterocycles. The molecule has 8 heteroatoms. The highest BCUT2D eigenvalue weighted by Crippen LogP contribution is 2.32. The molecule has 0 saturated carbocycles. The summed E-state index contributed by atoms with van der Waals surface area (Å²) in [5.74, 6) is -0.161. The van der Waals surface area contributed by atoms with Crippen molar-refractivity contribution in [1.29, 1.82) is 0 Å². The van der Waals surface area contributed by atoms with Gasteiger partial charge in [0, 0.05) is 42.5 Å². The maximum atomic E-state index is 12.6. The van der Waals surface area contributed by atoms with Gasteiger partial charge in [0.05, 0.1) is 17.1 Å². The zero-order valence-electron chi connectivity index (χ0n) is 16.7. The first-order chi connectivity index (χ1) is 14.5. The van der Waals surface area contributed by atoms with Gasteiger partial charge in [-0.1, -0.05) is 12.1 Å². The number of hydrogen-bond donors (Lipinski definition) is 4. The maximum Gasteiger partial charge on any atom is 0.263 e. The van der Waals surface area contributed by atoms with Crippen molar-refractivity contribution in [2.45, 2.75) is 13.3 Å². The summed E-state index contributed by atoms with van der Waals surface area (Å²) in [5, 5.41) is 7.03. The normalized spacial score (nSPS) is 16.6. The predicted molar refractivity (Wildman–Crippen MR) is 123 cm³/mol. The van der Waals surface area contributed by atoms with Gasteiger partial charge in [0.1, 0.15) is 9.71 Å². The number of carbonyl (C=O) groups is 1. The molecule has 154 valence electrons. The average molecular weight is 421 g/mol. The number of aromatic nitrogens is 1. The van der Waals surface area contributed by atoms with Crippen LogP contribution in [0.3, 0.4) is 0 Å². The summed E-state index contributed by atoms with van der Waals surface area (Å²) in [6.45, 7) is 3.93. The molecular weight excluding hydrogens is 396 g/mol. The van der Waals surface area contributed by atoms with Gasteiger partial charge in [-0.05, 0) is 43.2 Å². The van der Waals surface area contributed by atoms with Crippen LogP contribution in [0, 0.1) is 6.92 Å². The van der Waals surface area contributed by atoms with Gasteiger partial charge < -0.3 is 22.1 Å². The minimum absolute atomic E-state index is 0.161. The van der Waals surface area contributed by atoms with E-state index in [1.165, 1.54) is 11.3 Å². The molecule has 0 spiro atoms. The first-order valence-corrected chi connectivity index (χ1v) is 10.6. The van der Waals surface area contributed by atoms with Crippen LogP contribution in [0.2, 0.25) is 0 Å². The van der Waals surface area contributed by atoms with Crippen molar-refractivity contribution in [2.24, 2.45) is 10.7 Å². The number of nitrogens with one attached hydrogen (secondary N) is 2. The van der Waals surface area contributed by atoms with E-state index < -0.39 is 0 Å². The molecule has 7 nitrogen and oxygen atoms in total. The van der Waals surface area contributed by atoms with Crippen LogP contribution in [0.25, 0.3) is 10.2 Å². The molecule has 0 unspecified atom stereocenters. The number of anilines is 1. The number of thiophene rings is 1. The Labute approximate surface area is 178 Å². The van der Waals surface area contributed by atoms with Gasteiger partial charge in [-0.15, -0.1) is 11.3 Å². The number of fused-ring (bicyclic) bond motifs is 1. The fourth-order valence-electron chi connectivity index (χ4n) is 3.35. The fraction of sp³-hybridized carbons (Fsp3) is 0.227. The molecule has 0 radical (unpaired) electrons. The topological polar surface area (TPSA) is 118 Å². The molecular formula is C22H24N6OS. The van der Waals surface area contributed by atoms with Crippen LogP contribution in [0.5, 0.6) is 0 Å². The minimum atomic E-state index is -0.161. The lowest BCUT2D eigenvalue weighted by Gasteiger charge is -2.06. The molecule has 2 aromatic heterocycles. The molecule has 3 heterocycles. The Kier molecular flexibility index (Phi) is 5.78. The summed E-state index contributed by atoms with van der Waals surface area (Å²) in [4.78, 5) is 23.0. The van der Waals surface area contributed by atoms with Gasteiger partial charge in [0.2, 0.25) is 0 Å². The van der Waals surface area contributed by atoms with Crippen LogP contribution < -0.4 is 22.1 Å². The van der Waals surface area contributed by atoms with Crippen molar-refractivity contribution < 1.29 is 4.79 Å².